The van der Waals surface area contributed by atoms with Crippen LogP contribution in [0.2, 0.25) is 0 Å². The van der Waals surface area contributed by atoms with Crippen LogP contribution in [0.5, 0.6) is 0 Å². The van der Waals surface area contributed by atoms with E-state index in [0.717, 1.165) is 6.54 Å². The van der Waals surface area contributed by atoms with Gasteiger partial charge in [0.05, 0.1) is 6.10 Å². The first-order chi connectivity index (χ1) is 8.97. The Balaban J connectivity index is 2.17. The summed E-state index contributed by atoms with van der Waals surface area (Å²) in [6, 6.07) is 3.47. The summed E-state index contributed by atoms with van der Waals surface area (Å²) >= 11 is 3.27. The molecule has 0 aliphatic carbocycles. The van der Waals surface area contributed by atoms with E-state index in [0.29, 0.717) is 23.1 Å². The highest BCUT2D eigenvalue weighted by Gasteiger charge is 2.34. The maximum Gasteiger partial charge on any atom is 0.254 e. The summed E-state index contributed by atoms with van der Waals surface area (Å²) in [6.45, 7) is 1.16. The van der Waals surface area contributed by atoms with Crippen LogP contribution in [0, 0.1) is 0 Å². The Morgan fingerprint density at radius 1 is 1.63 bits per heavy atom. The highest BCUT2D eigenvalue weighted by atomic mass is 79.9. The Morgan fingerprint density at radius 2 is 2.37 bits per heavy atom. The molecule has 2 unspecified atom stereocenters. The molecule has 1 aromatic heterocycles. The molecule has 2 rings (SSSR count). The van der Waals surface area contributed by atoms with Crippen LogP contribution in [0.15, 0.2) is 22.9 Å². The number of halogens is 1. The van der Waals surface area contributed by atoms with Gasteiger partial charge in [-0.2, -0.15) is 0 Å². The molecule has 0 saturated carbocycles. The van der Waals surface area contributed by atoms with Crippen molar-refractivity contribution < 1.29 is 9.90 Å². The monoisotopic (exact) mass is 327 g/mol. The number of carbonyl (C=O) groups is 1. The number of aliphatic hydroxyl groups excluding tert-OH is 1. The Hall–Kier alpha value is -0.980. The fourth-order valence-corrected chi connectivity index (χ4v) is 2.80. The highest BCUT2D eigenvalue weighted by molar-refractivity contribution is 9.10. The third-order valence-corrected chi connectivity index (χ3v) is 3.64. The van der Waals surface area contributed by atoms with Crippen molar-refractivity contribution in [1.29, 1.82) is 0 Å². The van der Waals surface area contributed by atoms with Crippen molar-refractivity contribution >= 4 is 21.8 Å². The topological polar surface area (TPSA) is 56.7 Å². The molecule has 0 aromatic carbocycles. The van der Waals surface area contributed by atoms with Gasteiger partial charge in [-0.05, 0) is 48.6 Å². The van der Waals surface area contributed by atoms with Crippen LogP contribution in [-0.2, 0) is 0 Å². The van der Waals surface area contributed by atoms with Gasteiger partial charge in [0.1, 0.15) is 4.60 Å². The van der Waals surface area contributed by atoms with Crippen molar-refractivity contribution in [3.8, 4) is 0 Å². The molecule has 104 valence electrons. The number of aliphatic hydroxyl groups is 1. The van der Waals surface area contributed by atoms with Gasteiger partial charge in [-0.1, -0.05) is 0 Å². The van der Waals surface area contributed by atoms with Crippen LogP contribution in [0.4, 0.5) is 0 Å². The summed E-state index contributed by atoms with van der Waals surface area (Å²) in [5, 5.41) is 9.80. The lowest BCUT2D eigenvalue weighted by atomic mass is 10.1. The SMILES string of the molecule is CN(C)CC1CC(O)CN1C(=O)c1ccnc(Br)c1. The first-order valence-corrected chi connectivity index (χ1v) is 7.02. The van der Waals surface area contributed by atoms with Gasteiger partial charge in [-0.15, -0.1) is 0 Å². The maximum absolute atomic E-state index is 12.5. The molecule has 1 aromatic rings. The number of aromatic nitrogens is 1. The van der Waals surface area contributed by atoms with E-state index in [1.807, 2.05) is 19.0 Å². The number of β-amino-alcohol motifs (C(OH)–C–C–N with tert-alkyl or cyclic N) is 1. The van der Waals surface area contributed by atoms with Crippen molar-refractivity contribution in [3.63, 3.8) is 0 Å². The van der Waals surface area contributed by atoms with Gasteiger partial charge in [0.15, 0.2) is 0 Å². The van der Waals surface area contributed by atoms with Crippen molar-refractivity contribution in [2.45, 2.75) is 18.6 Å². The second-order valence-electron chi connectivity index (χ2n) is 5.13. The molecular weight excluding hydrogens is 310 g/mol. The van der Waals surface area contributed by atoms with E-state index < -0.39 is 6.10 Å². The van der Waals surface area contributed by atoms with E-state index in [4.69, 9.17) is 0 Å². The molecule has 19 heavy (non-hydrogen) atoms. The lowest BCUT2D eigenvalue weighted by molar-refractivity contribution is 0.0699. The lowest BCUT2D eigenvalue weighted by Gasteiger charge is -2.26. The summed E-state index contributed by atoms with van der Waals surface area (Å²) in [5.41, 5.74) is 0.597. The third-order valence-electron chi connectivity index (χ3n) is 3.20. The van der Waals surface area contributed by atoms with Crippen molar-refractivity contribution in [3.05, 3.63) is 28.5 Å². The molecule has 1 fully saturated rings. The van der Waals surface area contributed by atoms with Gasteiger partial charge >= 0.3 is 0 Å². The van der Waals surface area contributed by atoms with Gasteiger partial charge in [0, 0.05) is 30.9 Å². The van der Waals surface area contributed by atoms with Gasteiger partial charge < -0.3 is 14.9 Å². The van der Waals surface area contributed by atoms with Crippen molar-refractivity contribution in [2.75, 3.05) is 27.2 Å². The van der Waals surface area contributed by atoms with E-state index in [-0.39, 0.29) is 11.9 Å². The molecule has 1 aliphatic rings. The van der Waals surface area contributed by atoms with Crippen LogP contribution < -0.4 is 0 Å². The van der Waals surface area contributed by atoms with Crippen LogP contribution in [0.25, 0.3) is 0 Å². The van der Waals surface area contributed by atoms with Gasteiger partial charge in [-0.25, -0.2) is 4.98 Å². The molecule has 6 heteroatoms. The zero-order valence-corrected chi connectivity index (χ0v) is 12.7. The summed E-state index contributed by atoms with van der Waals surface area (Å²) in [4.78, 5) is 20.3. The fourth-order valence-electron chi connectivity index (χ4n) is 2.44. The summed E-state index contributed by atoms with van der Waals surface area (Å²) in [5.74, 6) is -0.0495. The fraction of sp³-hybridized carbons (Fsp3) is 0.538. The van der Waals surface area contributed by atoms with Crippen molar-refractivity contribution in [2.24, 2.45) is 0 Å². The van der Waals surface area contributed by atoms with Gasteiger partial charge in [0.25, 0.3) is 5.91 Å². The van der Waals surface area contributed by atoms with E-state index in [9.17, 15) is 9.90 Å². The molecule has 0 spiro atoms. The number of carbonyl (C=O) groups excluding carboxylic acids is 1. The number of amides is 1. The molecule has 2 heterocycles. The van der Waals surface area contributed by atoms with Crippen LogP contribution in [-0.4, -0.2) is 65.1 Å². The Kier molecular flexibility index (Phi) is 4.54. The normalized spacial score (nSPS) is 23.1. The average Bonchev–Trinajstić information content (AvgIpc) is 2.68. The molecule has 1 N–H and O–H groups in total. The number of nitrogens with zero attached hydrogens (tertiary/aromatic N) is 3. The van der Waals surface area contributed by atoms with Crippen molar-refractivity contribution in [1.82, 2.24) is 14.8 Å². The Labute approximate surface area is 121 Å². The second kappa shape index (κ2) is 5.98. The average molecular weight is 328 g/mol. The number of hydrogen-bond donors (Lipinski definition) is 1. The molecular formula is C13H18BrN3O2. The van der Waals surface area contributed by atoms with Crippen LogP contribution >= 0.6 is 15.9 Å². The molecule has 1 saturated heterocycles. The predicted molar refractivity (Wildman–Crippen MR) is 75.9 cm³/mol. The first-order valence-electron chi connectivity index (χ1n) is 6.22. The van der Waals surface area contributed by atoms with E-state index >= 15 is 0 Å². The Bertz CT molecular complexity index is 467. The van der Waals surface area contributed by atoms with E-state index in [1.165, 1.54) is 0 Å². The molecule has 1 amide bonds. The second-order valence-corrected chi connectivity index (χ2v) is 5.94. The molecule has 0 radical (unpaired) electrons. The minimum Gasteiger partial charge on any atom is -0.391 e. The standard InChI is InChI=1S/C13H18BrN3O2/c1-16(2)7-10-6-11(18)8-17(10)13(19)9-3-4-15-12(14)5-9/h3-5,10-11,18H,6-8H2,1-2H3. The minimum atomic E-state index is -0.431. The van der Waals surface area contributed by atoms with Gasteiger partial charge in [0.2, 0.25) is 0 Å². The van der Waals surface area contributed by atoms with Crippen LogP contribution in [0.3, 0.4) is 0 Å². The molecule has 1 aliphatic heterocycles. The molecule has 2 atom stereocenters. The van der Waals surface area contributed by atoms with E-state index in [1.54, 1.807) is 23.2 Å². The lowest BCUT2D eigenvalue weighted by Crippen LogP contribution is -2.41. The first kappa shape index (κ1) is 14.4. The smallest absolute Gasteiger partial charge is 0.254 e. The number of hydrogen-bond acceptors (Lipinski definition) is 4. The largest absolute Gasteiger partial charge is 0.391 e. The quantitative estimate of drug-likeness (QED) is 0.841. The Morgan fingerprint density at radius 3 is 3.00 bits per heavy atom. The number of pyridine rings is 1. The van der Waals surface area contributed by atoms with Gasteiger partial charge in [-0.3, -0.25) is 4.79 Å². The molecule has 0 bridgehead atoms. The highest BCUT2D eigenvalue weighted by Crippen LogP contribution is 2.21. The third kappa shape index (κ3) is 3.52. The summed E-state index contributed by atoms with van der Waals surface area (Å²) in [7, 11) is 3.94. The van der Waals surface area contributed by atoms with Crippen LogP contribution in [0.1, 0.15) is 16.8 Å². The maximum atomic E-state index is 12.5. The predicted octanol–water partition coefficient (Wildman–Crippen LogP) is 0.981. The number of likely N-dealkylation sites (tertiary alicyclic amines) is 1. The summed E-state index contributed by atoms with van der Waals surface area (Å²) in [6.07, 6.45) is 1.81. The number of rotatable bonds is 3. The zero-order valence-electron chi connectivity index (χ0n) is 11.1. The summed E-state index contributed by atoms with van der Waals surface area (Å²) < 4.78 is 0.641. The zero-order chi connectivity index (χ0) is 14.0. The number of likely N-dealkylation sites (N-methyl/N-ethyl adjacent to an activating group) is 1. The molecule has 5 nitrogen and oxygen atoms in total. The minimum absolute atomic E-state index is 0.0495. The van der Waals surface area contributed by atoms with E-state index in [2.05, 4.69) is 20.9 Å².